The van der Waals surface area contributed by atoms with Gasteiger partial charge in [-0.05, 0) is 6.92 Å². The quantitative estimate of drug-likeness (QED) is 0.794. The standard InChI is InChI=1S/C15H16ClF3N6O/c1-9-13(19)14(21-8-20-9)24-4-2-23(3-5-24)10-6-22-25(7-11(17)18)15(26)12(10)16/h6,8,11H,2-5,7H2,1H3. The van der Waals surface area contributed by atoms with E-state index < -0.39 is 24.3 Å². The van der Waals surface area contributed by atoms with E-state index in [-0.39, 0.29) is 16.5 Å². The van der Waals surface area contributed by atoms with E-state index in [4.69, 9.17) is 11.6 Å². The van der Waals surface area contributed by atoms with E-state index in [0.29, 0.717) is 36.5 Å². The number of halogens is 4. The molecule has 2 aromatic rings. The van der Waals surface area contributed by atoms with Crippen LogP contribution in [-0.2, 0) is 6.54 Å². The number of nitrogens with zero attached hydrogens (tertiary/aromatic N) is 6. The summed E-state index contributed by atoms with van der Waals surface area (Å²) in [6.45, 7) is 2.55. The molecule has 11 heteroatoms. The molecule has 1 saturated heterocycles. The minimum atomic E-state index is -2.70. The Morgan fingerprint density at radius 2 is 1.85 bits per heavy atom. The molecule has 0 spiro atoms. The summed E-state index contributed by atoms with van der Waals surface area (Å²) in [6, 6.07) is 0. The number of alkyl halides is 2. The van der Waals surface area contributed by atoms with E-state index in [1.165, 1.54) is 12.5 Å². The molecule has 0 bridgehead atoms. The molecule has 0 saturated carbocycles. The molecule has 26 heavy (non-hydrogen) atoms. The minimum Gasteiger partial charge on any atom is -0.365 e. The normalized spacial score (nSPS) is 15.0. The van der Waals surface area contributed by atoms with Gasteiger partial charge in [0.25, 0.3) is 12.0 Å². The van der Waals surface area contributed by atoms with Gasteiger partial charge in [0.05, 0.1) is 17.6 Å². The highest BCUT2D eigenvalue weighted by atomic mass is 35.5. The van der Waals surface area contributed by atoms with Crippen LogP contribution in [0, 0.1) is 12.7 Å². The highest BCUT2D eigenvalue weighted by Crippen LogP contribution is 2.25. The first-order valence-electron chi connectivity index (χ1n) is 7.89. The fourth-order valence-electron chi connectivity index (χ4n) is 2.76. The second-order valence-electron chi connectivity index (χ2n) is 5.79. The average molecular weight is 389 g/mol. The zero-order valence-corrected chi connectivity index (χ0v) is 14.6. The summed E-state index contributed by atoms with van der Waals surface area (Å²) in [4.78, 5) is 23.5. The minimum absolute atomic E-state index is 0.154. The zero-order valence-electron chi connectivity index (χ0n) is 13.9. The first-order chi connectivity index (χ1) is 12.4. The molecule has 0 atom stereocenters. The van der Waals surface area contributed by atoms with Crippen LogP contribution >= 0.6 is 11.6 Å². The third-order valence-electron chi connectivity index (χ3n) is 4.14. The van der Waals surface area contributed by atoms with E-state index >= 15 is 0 Å². The SMILES string of the molecule is Cc1ncnc(N2CCN(c3cnn(CC(F)F)c(=O)c3Cl)CC2)c1F. The monoisotopic (exact) mass is 388 g/mol. The number of rotatable bonds is 4. The topological polar surface area (TPSA) is 67.2 Å². The Hall–Kier alpha value is -2.36. The van der Waals surface area contributed by atoms with Crippen molar-refractivity contribution in [2.24, 2.45) is 0 Å². The molecule has 1 fully saturated rings. The predicted molar refractivity (Wildman–Crippen MR) is 90.7 cm³/mol. The van der Waals surface area contributed by atoms with E-state index in [1.807, 2.05) is 4.90 Å². The van der Waals surface area contributed by atoms with Crippen molar-refractivity contribution in [3.05, 3.63) is 39.4 Å². The molecule has 0 aromatic carbocycles. The number of anilines is 2. The molecule has 3 heterocycles. The molecule has 0 aliphatic carbocycles. The van der Waals surface area contributed by atoms with Crippen LogP contribution in [-0.4, -0.2) is 52.4 Å². The molecule has 1 aliphatic heterocycles. The third kappa shape index (κ3) is 3.59. The van der Waals surface area contributed by atoms with Gasteiger partial charge >= 0.3 is 0 Å². The summed E-state index contributed by atoms with van der Waals surface area (Å²) < 4.78 is 39.7. The van der Waals surface area contributed by atoms with Gasteiger partial charge < -0.3 is 9.80 Å². The Morgan fingerprint density at radius 3 is 2.50 bits per heavy atom. The summed E-state index contributed by atoms with van der Waals surface area (Å²) >= 11 is 6.06. The molecule has 2 aromatic heterocycles. The average Bonchev–Trinajstić information content (AvgIpc) is 2.62. The predicted octanol–water partition coefficient (Wildman–Crippen LogP) is 1.73. The first-order valence-corrected chi connectivity index (χ1v) is 8.27. The number of aryl methyl sites for hydroxylation is 1. The second kappa shape index (κ2) is 7.48. The van der Waals surface area contributed by atoms with Crippen molar-refractivity contribution in [1.29, 1.82) is 0 Å². The van der Waals surface area contributed by atoms with E-state index in [9.17, 15) is 18.0 Å². The van der Waals surface area contributed by atoms with E-state index in [0.717, 1.165) is 0 Å². The molecule has 7 nitrogen and oxygen atoms in total. The van der Waals surface area contributed by atoms with Gasteiger partial charge in [0.1, 0.15) is 17.9 Å². The molecule has 3 rings (SSSR count). The fraction of sp³-hybridized carbons (Fsp3) is 0.467. The van der Waals surface area contributed by atoms with E-state index in [1.54, 1.807) is 11.8 Å². The molecular weight excluding hydrogens is 373 g/mol. The summed E-state index contributed by atoms with van der Waals surface area (Å²) in [5.41, 5.74) is -0.113. The Kier molecular flexibility index (Phi) is 5.30. The maximum atomic E-state index is 14.2. The molecule has 140 valence electrons. The fourth-order valence-corrected chi connectivity index (χ4v) is 3.03. The molecule has 0 radical (unpaired) electrons. The van der Waals surface area contributed by atoms with E-state index in [2.05, 4.69) is 15.1 Å². The second-order valence-corrected chi connectivity index (χ2v) is 6.17. The van der Waals surface area contributed by atoms with Crippen LogP contribution in [0.2, 0.25) is 5.02 Å². The van der Waals surface area contributed by atoms with Gasteiger partial charge in [-0.1, -0.05) is 11.6 Å². The van der Waals surface area contributed by atoms with Crippen LogP contribution < -0.4 is 15.4 Å². The molecule has 1 aliphatic rings. The number of aromatic nitrogens is 4. The van der Waals surface area contributed by atoms with Crippen molar-refractivity contribution in [1.82, 2.24) is 19.7 Å². The van der Waals surface area contributed by atoms with Crippen molar-refractivity contribution in [3.8, 4) is 0 Å². The van der Waals surface area contributed by atoms with Gasteiger partial charge in [0.15, 0.2) is 11.6 Å². The number of piperazine rings is 1. The first kappa shape index (κ1) is 18.4. The summed E-state index contributed by atoms with van der Waals surface area (Å²) in [6.07, 6.45) is -0.0855. The summed E-state index contributed by atoms with van der Waals surface area (Å²) in [5.74, 6) is -0.232. The maximum Gasteiger partial charge on any atom is 0.287 e. The Morgan fingerprint density at radius 1 is 1.19 bits per heavy atom. The number of hydrogen-bond acceptors (Lipinski definition) is 6. The summed E-state index contributed by atoms with van der Waals surface area (Å²) in [5, 5.41) is 3.61. The highest BCUT2D eigenvalue weighted by Gasteiger charge is 2.24. The lowest BCUT2D eigenvalue weighted by Crippen LogP contribution is -2.47. The Bertz CT molecular complexity index is 854. The van der Waals surface area contributed by atoms with Gasteiger partial charge in [-0.25, -0.2) is 27.8 Å². The zero-order chi connectivity index (χ0) is 18.8. The van der Waals surface area contributed by atoms with Gasteiger partial charge in [-0.15, -0.1) is 0 Å². The van der Waals surface area contributed by atoms with Crippen molar-refractivity contribution in [2.45, 2.75) is 19.9 Å². The van der Waals surface area contributed by atoms with Gasteiger partial charge in [-0.3, -0.25) is 4.79 Å². The van der Waals surface area contributed by atoms with Crippen molar-refractivity contribution < 1.29 is 13.2 Å². The van der Waals surface area contributed by atoms with Crippen molar-refractivity contribution in [3.63, 3.8) is 0 Å². The smallest absolute Gasteiger partial charge is 0.287 e. The molecular formula is C15H16ClF3N6O. The van der Waals surface area contributed by atoms with Gasteiger partial charge in [0, 0.05) is 26.2 Å². The lowest BCUT2D eigenvalue weighted by atomic mass is 10.2. The van der Waals surface area contributed by atoms with Crippen LogP contribution in [0.3, 0.4) is 0 Å². The molecule has 0 N–H and O–H groups in total. The lowest BCUT2D eigenvalue weighted by Gasteiger charge is -2.36. The van der Waals surface area contributed by atoms with Crippen LogP contribution in [0.15, 0.2) is 17.3 Å². The third-order valence-corrected chi connectivity index (χ3v) is 4.50. The lowest BCUT2D eigenvalue weighted by molar-refractivity contribution is 0.119. The van der Waals surface area contributed by atoms with Crippen molar-refractivity contribution in [2.75, 3.05) is 36.0 Å². The van der Waals surface area contributed by atoms with Gasteiger partial charge in [0.2, 0.25) is 0 Å². The van der Waals surface area contributed by atoms with Crippen LogP contribution in [0.4, 0.5) is 24.7 Å². The molecule has 0 amide bonds. The van der Waals surface area contributed by atoms with Crippen molar-refractivity contribution >= 4 is 23.1 Å². The van der Waals surface area contributed by atoms with Gasteiger partial charge in [-0.2, -0.15) is 5.10 Å². The summed E-state index contributed by atoms with van der Waals surface area (Å²) in [7, 11) is 0. The maximum absolute atomic E-state index is 14.2. The van der Waals surface area contributed by atoms with Crippen LogP contribution in [0.5, 0.6) is 0 Å². The molecule has 0 unspecified atom stereocenters. The Labute approximate surface area is 152 Å². The highest BCUT2D eigenvalue weighted by molar-refractivity contribution is 6.33. The van der Waals surface area contributed by atoms with Crippen LogP contribution in [0.1, 0.15) is 5.69 Å². The largest absolute Gasteiger partial charge is 0.365 e. The Balaban J connectivity index is 1.75. The number of hydrogen-bond donors (Lipinski definition) is 0. The van der Waals surface area contributed by atoms with Crippen LogP contribution in [0.25, 0.3) is 0 Å².